The average Bonchev–Trinajstić information content (AvgIpc) is 2.21. The van der Waals surface area contributed by atoms with Gasteiger partial charge in [-0.15, -0.1) is 0 Å². The molecule has 1 atom stereocenters. The van der Waals surface area contributed by atoms with Crippen LogP contribution < -0.4 is 0 Å². The van der Waals surface area contributed by atoms with E-state index in [1.54, 1.807) is 12.1 Å². The van der Waals surface area contributed by atoms with Gasteiger partial charge in [0, 0.05) is 0 Å². The quantitative estimate of drug-likeness (QED) is 0.825. The van der Waals surface area contributed by atoms with Crippen LogP contribution in [-0.2, 0) is 9.53 Å². The number of hydrogen-bond donors (Lipinski definition) is 2. The molecule has 0 radical (unpaired) electrons. The lowest BCUT2D eigenvalue weighted by Gasteiger charge is -2.12. The van der Waals surface area contributed by atoms with Crippen LogP contribution in [0.25, 0.3) is 0 Å². The Labute approximate surface area is 95.6 Å². The van der Waals surface area contributed by atoms with Gasteiger partial charge in [-0.05, 0) is 27.6 Å². The molecular formula is C10H11BrO4. The summed E-state index contributed by atoms with van der Waals surface area (Å²) in [7, 11) is 1.26. The molecule has 0 heterocycles. The summed E-state index contributed by atoms with van der Waals surface area (Å²) in [6.45, 7) is 0. The van der Waals surface area contributed by atoms with E-state index in [0.717, 1.165) is 0 Å². The maximum Gasteiger partial charge on any atom is 0.308 e. The zero-order valence-electron chi connectivity index (χ0n) is 8.11. The molecule has 1 aromatic rings. The highest BCUT2D eigenvalue weighted by Crippen LogP contribution is 2.32. The summed E-state index contributed by atoms with van der Waals surface area (Å²) in [6, 6.07) is 4.70. The van der Waals surface area contributed by atoms with Gasteiger partial charge in [-0.25, -0.2) is 0 Å². The second-order valence-corrected chi connectivity index (χ2v) is 3.77. The Balaban J connectivity index is 2.86. The molecule has 1 rings (SSSR count). The predicted molar refractivity (Wildman–Crippen MR) is 57.4 cm³/mol. The molecule has 0 aliphatic carbocycles. The number of esters is 1. The number of hydrogen-bond acceptors (Lipinski definition) is 4. The number of rotatable bonds is 3. The van der Waals surface area contributed by atoms with Crippen LogP contribution in [0, 0.1) is 0 Å². The maximum absolute atomic E-state index is 10.9. The molecule has 4 nitrogen and oxygen atoms in total. The molecule has 2 N–H and O–H groups in total. The van der Waals surface area contributed by atoms with Crippen LogP contribution in [-0.4, -0.2) is 23.3 Å². The lowest BCUT2D eigenvalue weighted by Crippen LogP contribution is -2.08. The predicted octanol–water partition coefficient (Wildman–Crippen LogP) is 1.75. The van der Waals surface area contributed by atoms with E-state index in [9.17, 15) is 15.0 Å². The van der Waals surface area contributed by atoms with Gasteiger partial charge in [-0.3, -0.25) is 4.79 Å². The number of phenolic OH excluding ortho intramolecular Hbond substituents is 1. The van der Waals surface area contributed by atoms with Crippen LogP contribution in [0.4, 0.5) is 0 Å². The summed E-state index contributed by atoms with van der Waals surface area (Å²) in [5.74, 6) is -0.478. The van der Waals surface area contributed by atoms with Gasteiger partial charge >= 0.3 is 5.97 Å². The molecule has 0 fully saturated rings. The van der Waals surface area contributed by atoms with Gasteiger partial charge in [-0.1, -0.05) is 12.1 Å². The highest BCUT2D eigenvalue weighted by atomic mass is 79.9. The van der Waals surface area contributed by atoms with E-state index >= 15 is 0 Å². The molecule has 0 bridgehead atoms. The lowest BCUT2D eigenvalue weighted by molar-refractivity contribution is -0.142. The van der Waals surface area contributed by atoms with Gasteiger partial charge in [0.2, 0.25) is 0 Å². The number of benzene rings is 1. The van der Waals surface area contributed by atoms with Crippen molar-refractivity contribution in [1.29, 1.82) is 0 Å². The molecule has 0 spiro atoms. The van der Waals surface area contributed by atoms with E-state index in [2.05, 4.69) is 20.7 Å². The Hall–Kier alpha value is -1.07. The highest BCUT2D eigenvalue weighted by molar-refractivity contribution is 9.10. The second-order valence-electron chi connectivity index (χ2n) is 2.98. The minimum Gasteiger partial charge on any atom is -0.507 e. The number of carbonyl (C=O) groups excluding carboxylic acids is 1. The first-order valence-corrected chi connectivity index (χ1v) is 5.07. The van der Waals surface area contributed by atoms with Gasteiger partial charge < -0.3 is 14.9 Å². The number of aromatic hydroxyl groups is 1. The third-order valence-electron chi connectivity index (χ3n) is 1.95. The van der Waals surface area contributed by atoms with E-state index in [0.29, 0.717) is 10.0 Å². The van der Waals surface area contributed by atoms with Crippen LogP contribution in [0.2, 0.25) is 0 Å². The van der Waals surface area contributed by atoms with Gasteiger partial charge in [0.25, 0.3) is 0 Å². The topological polar surface area (TPSA) is 66.8 Å². The van der Waals surface area contributed by atoms with Crippen molar-refractivity contribution in [2.75, 3.05) is 7.11 Å². The highest BCUT2D eigenvalue weighted by Gasteiger charge is 2.17. The van der Waals surface area contributed by atoms with E-state index in [1.807, 2.05) is 0 Å². The molecular weight excluding hydrogens is 264 g/mol. The zero-order chi connectivity index (χ0) is 11.4. The SMILES string of the molecule is COC(=O)C[C@H](O)c1cccc(O)c1Br. The van der Waals surface area contributed by atoms with Crippen LogP contribution in [0.1, 0.15) is 18.1 Å². The number of aliphatic hydroxyl groups excluding tert-OH is 1. The summed E-state index contributed by atoms with van der Waals surface area (Å²) in [6.07, 6.45) is -1.13. The van der Waals surface area contributed by atoms with E-state index < -0.39 is 12.1 Å². The normalized spacial score (nSPS) is 12.2. The van der Waals surface area contributed by atoms with Gasteiger partial charge in [0.15, 0.2) is 0 Å². The number of methoxy groups -OCH3 is 1. The molecule has 0 amide bonds. The summed E-state index contributed by atoms with van der Waals surface area (Å²) < 4.78 is 4.83. The first-order chi connectivity index (χ1) is 7.06. The standard InChI is InChI=1S/C10H11BrO4/c1-15-9(14)5-8(13)6-3-2-4-7(12)10(6)11/h2-4,8,12-13H,5H2,1H3/t8-/m0/s1. The van der Waals surface area contributed by atoms with Crippen molar-refractivity contribution in [1.82, 2.24) is 0 Å². The Bertz CT molecular complexity index is 364. The molecule has 0 aliphatic heterocycles. The van der Waals surface area contributed by atoms with Gasteiger partial charge in [0.1, 0.15) is 5.75 Å². The van der Waals surface area contributed by atoms with Crippen molar-refractivity contribution >= 4 is 21.9 Å². The van der Waals surface area contributed by atoms with Crippen molar-refractivity contribution in [2.24, 2.45) is 0 Å². The summed E-state index contributed by atoms with van der Waals surface area (Å²) in [5, 5.41) is 19.1. The first kappa shape index (κ1) is 12.0. The molecule has 82 valence electrons. The Morgan fingerprint density at radius 3 is 2.87 bits per heavy atom. The number of carbonyl (C=O) groups is 1. The fraction of sp³-hybridized carbons (Fsp3) is 0.300. The van der Waals surface area contributed by atoms with E-state index in [-0.39, 0.29) is 12.2 Å². The van der Waals surface area contributed by atoms with Crippen molar-refractivity contribution in [2.45, 2.75) is 12.5 Å². The third kappa shape index (κ3) is 2.94. The largest absolute Gasteiger partial charge is 0.507 e. The molecule has 1 aromatic carbocycles. The van der Waals surface area contributed by atoms with E-state index in [4.69, 9.17) is 0 Å². The summed E-state index contributed by atoms with van der Waals surface area (Å²) in [4.78, 5) is 10.9. The third-order valence-corrected chi connectivity index (χ3v) is 2.82. The smallest absolute Gasteiger partial charge is 0.308 e. The van der Waals surface area contributed by atoms with Crippen LogP contribution >= 0.6 is 15.9 Å². The summed E-state index contributed by atoms with van der Waals surface area (Å²) in [5.41, 5.74) is 0.459. The molecule has 15 heavy (non-hydrogen) atoms. The molecule has 5 heteroatoms. The van der Waals surface area contributed by atoms with Crippen LogP contribution in [0.3, 0.4) is 0 Å². The van der Waals surface area contributed by atoms with Crippen LogP contribution in [0.5, 0.6) is 5.75 Å². The average molecular weight is 275 g/mol. The molecule has 0 aliphatic rings. The molecule has 0 saturated carbocycles. The Morgan fingerprint density at radius 1 is 1.60 bits per heavy atom. The van der Waals surface area contributed by atoms with Gasteiger partial charge in [0.05, 0.1) is 24.1 Å². The molecule has 0 unspecified atom stereocenters. The minimum atomic E-state index is -0.987. The van der Waals surface area contributed by atoms with Crippen molar-refractivity contribution in [3.63, 3.8) is 0 Å². The Morgan fingerprint density at radius 2 is 2.27 bits per heavy atom. The van der Waals surface area contributed by atoms with E-state index in [1.165, 1.54) is 13.2 Å². The number of halogens is 1. The van der Waals surface area contributed by atoms with Crippen molar-refractivity contribution in [3.8, 4) is 5.75 Å². The van der Waals surface area contributed by atoms with Gasteiger partial charge in [-0.2, -0.15) is 0 Å². The monoisotopic (exact) mass is 274 g/mol. The fourth-order valence-electron chi connectivity index (χ4n) is 1.15. The number of ether oxygens (including phenoxy) is 1. The van der Waals surface area contributed by atoms with Crippen molar-refractivity contribution in [3.05, 3.63) is 28.2 Å². The number of phenols is 1. The zero-order valence-corrected chi connectivity index (χ0v) is 9.69. The molecule has 0 saturated heterocycles. The fourth-order valence-corrected chi connectivity index (χ4v) is 1.67. The molecule has 0 aromatic heterocycles. The van der Waals surface area contributed by atoms with Crippen LogP contribution in [0.15, 0.2) is 22.7 Å². The maximum atomic E-state index is 10.9. The lowest BCUT2D eigenvalue weighted by atomic mass is 10.1. The first-order valence-electron chi connectivity index (χ1n) is 4.28. The van der Waals surface area contributed by atoms with Crippen molar-refractivity contribution < 1.29 is 19.7 Å². The number of aliphatic hydroxyl groups is 1. The summed E-state index contributed by atoms with van der Waals surface area (Å²) >= 11 is 3.13. The minimum absolute atomic E-state index is 0.0245. The second kappa shape index (κ2) is 5.14. The Kier molecular flexibility index (Phi) is 4.11.